The molecule has 0 aromatic carbocycles. The van der Waals surface area contributed by atoms with Crippen molar-refractivity contribution in [2.75, 3.05) is 26.2 Å². The summed E-state index contributed by atoms with van der Waals surface area (Å²) >= 11 is 4.90. The molecule has 0 bridgehead atoms. The lowest BCUT2D eigenvalue weighted by Gasteiger charge is -2.34. The molecule has 0 radical (unpaired) electrons. The van der Waals surface area contributed by atoms with Crippen LogP contribution >= 0.6 is 52.1 Å². The van der Waals surface area contributed by atoms with E-state index < -0.39 is 12.6 Å². The van der Waals surface area contributed by atoms with Crippen molar-refractivity contribution in [1.29, 1.82) is 0 Å². The molecule has 21 heavy (non-hydrogen) atoms. The summed E-state index contributed by atoms with van der Waals surface area (Å²) in [5.41, 5.74) is 0. The molecule has 124 valence electrons. The van der Waals surface area contributed by atoms with Gasteiger partial charge in [-0.2, -0.15) is 13.2 Å². The molecule has 0 unspecified atom stereocenters. The lowest BCUT2D eigenvalue weighted by molar-refractivity contribution is -0.138. The van der Waals surface area contributed by atoms with Crippen LogP contribution in [0.3, 0.4) is 0 Å². The standard InChI is InChI=1S/C12H16BrF3N2S.2ClH/c13-9-7-11(19-8-9)10(1-2-12(14,15)16)18-5-3-17-4-6-18;;/h7-8,10,17H,1-6H2;2*1H/t10-;;/m0../s1. The van der Waals surface area contributed by atoms with Crippen LogP contribution < -0.4 is 5.32 Å². The van der Waals surface area contributed by atoms with E-state index in [-0.39, 0.29) is 37.3 Å². The average Bonchev–Trinajstić information content (AvgIpc) is 2.76. The van der Waals surface area contributed by atoms with Gasteiger partial charge in [-0.25, -0.2) is 0 Å². The Labute approximate surface area is 147 Å². The van der Waals surface area contributed by atoms with Crippen molar-refractivity contribution in [3.63, 3.8) is 0 Å². The quantitative estimate of drug-likeness (QED) is 0.749. The van der Waals surface area contributed by atoms with E-state index in [4.69, 9.17) is 0 Å². The molecule has 0 aliphatic carbocycles. The second-order valence-corrected chi connectivity index (χ2v) is 6.48. The van der Waals surface area contributed by atoms with Crippen LogP contribution in [0.4, 0.5) is 13.2 Å². The first-order chi connectivity index (χ1) is 8.96. The van der Waals surface area contributed by atoms with Gasteiger partial charge in [-0.15, -0.1) is 36.2 Å². The molecule has 1 aliphatic heterocycles. The van der Waals surface area contributed by atoms with E-state index in [0.717, 1.165) is 35.5 Å². The van der Waals surface area contributed by atoms with Gasteiger partial charge >= 0.3 is 6.18 Å². The summed E-state index contributed by atoms with van der Waals surface area (Å²) in [6.45, 7) is 3.29. The van der Waals surface area contributed by atoms with Crippen LogP contribution in [0.1, 0.15) is 23.8 Å². The largest absolute Gasteiger partial charge is 0.389 e. The van der Waals surface area contributed by atoms with Gasteiger partial charge in [0.2, 0.25) is 0 Å². The first-order valence-corrected chi connectivity index (χ1v) is 7.88. The second kappa shape index (κ2) is 9.57. The fourth-order valence-electron chi connectivity index (χ4n) is 2.30. The molecule has 2 nitrogen and oxygen atoms in total. The number of thiophene rings is 1. The predicted molar refractivity (Wildman–Crippen MR) is 89.0 cm³/mol. The van der Waals surface area contributed by atoms with Crippen molar-refractivity contribution in [3.8, 4) is 0 Å². The maximum absolute atomic E-state index is 12.5. The number of rotatable bonds is 4. The maximum atomic E-state index is 12.5. The molecule has 1 aromatic heterocycles. The first kappa shape index (κ1) is 21.5. The number of hydrogen-bond acceptors (Lipinski definition) is 3. The highest BCUT2D eigenvalue weighted by Crippen LogP contribution is 2.35. The molecule has 2 heterocycles. The summed E-state index contributed by atoms with van der Waals surface area (Å²) in [6.07, 6.45) is -4.67. The SMILES string of the molecule is Cl.Cl.FC(F)(F)CC[C@@H](c1cc(Br)cs1)N1CCNCC1. The third-order valence-corrected chi connectivity index (χ3v) is 5.00. The molecule has 1 N–H and O–H groups in total. The van der Waals surface area contributed by atoms with Gasteiger partial charge in [-0.05, 0) is 28.4 Å². The van der Waals surface area contributed by atoms with Gasteiger partial charge in [0.15, 0.2) is 0 Å². The monoisotopic (exact) mass is 428 g/mol. The van der Waals surface area contributed by atoms with Gasteiger partial charge in [0.1, 0.15) is 0 Å². The van der Waals surface area contributed by atoms with Gasteiger partial charge < -0.3 is 5.32 Å². The number of nitrogens with one attached hydrogen (secondary N) is 1. The van der Waals surface area contributed by atoms with E-state index >= 15 is 0 Å². The van der Waals surface area contributed by atoms with Crippen molar-refractivity contribution in [1.82, 2.24) is 10.2 Å². The zero-order chi connectivity index (χ0) is 13.9. The van der Waals surface area contributed by atoms with Gasteiger partial charge in [0, 0.05) is 53.4 Å². The van der Waals surface area contributed by atoms with Crippen molar-refractivity contribution in [2.45, 2.75) is 25.1 Å². The van der Waals surface area contributed by atoms with Gasteiger partial charge in [-0.3, -0.25) is 4.90 Å². The zero-order valence-electron chi connectivity index (χ0n) is 11.2. The van der Waals surface area contributed by atoms with Crippen LogP contribution in [0.2, 0.25) is 0 Å². The van der Waals surface area contributed by atoms with Crippen molar-refractivity contribution in [3.05, 3.63) is 20.8 Å². The lowest BCUT2D eigenvalue weighted by Crippen LogP contribution is -2.45. The topological polar surface area (TPSA) is 15.3 Å². The Kier molecular flexibility index (Phi) is 9.79. The molecule has 1 aromatic rings. The molecule has 0 amide bonds. The Balaban J connectivity index is 0.00000200. The zero-order valence-corrected chi connectivity index (χ0v) is 15.2. The minimum Gasteiger partial charge on any atom is -0.314 e. The van der Waals surface area contributed by atoms with Gasteiger partial charge in [0.05, 0.1) is 0 Å². The molecule has 1 fully saturated rings. The fourth-order valence-corrected chi connectivity index (χ4v) is 3.92. The van der Waals surface area contributed by atoms with Gasteiger partial charge in [-0.1, -0.05) is 0 Å². The van der Waals surface area contributed by atoms with E-state index in [1.807, 2.05) is 11.4 Å². The Morgan fingerprint density at radius 3 is 2.38 bits per heavy atom. The first-order valence-electron chi connectivity index (χ1n) is 6.21. The summed E-state index contributed by atoms with van der Waals surface area (Å²) in [4.78, 5) is 3.17. The minimum absolute atomic E-state index is 0. The summed E-state index contributed by atoms with van der Waals surface area (Å²) in [5.74, 6) is 0. The van der Waals surface area contributed by atoms with E-state index in [0.29, 0.717) is 0 Å². The molecule has 9 heteroatoms. The number of alkyl halides is 3. The Hall–Kier alpha value is 0.470. The summed E-state index contributed by atoms with van der Waals surface area (Å²) in [5, 5.41) is 5.16. The normalized spacial score (nSPS) is 17.7. The highest BCUT2D eigenvalue weighted by molar-refractivity contribution is 9.10. The minimum atomic E-state index is -4.08. The van der Waals surface area contributed by atoms with E-state index in [9.17, 15) is 13.2 Å². The molecule has 0 saturated carbocycles. The van der Waals surface area contributed by atoms with Crippen molar-refractivity contribution in [2.24, 2.45) is 0 Å². The van der Waals surface area contributed by atoms with E-state index in [2.05, 4.69) is 26.1 Å². The molecule has 2 rings (SSSR count). The van der Waals surface area contributed by atoms with Crippen LogP contribution in [-0.2, 0) is 0 Å². The lowest BCUT2D eigenvalue weighted by atomic mass is 10.1. The summed E-state index contributed by atoms with van der Waals surface area (Å²) in [7, 11) is 0. The van der Waals surface area contributed by atoms with Crippen LogP contribution in [-0.4, -0.2) is 37.3 Å². The van der Waals surface area contributed by atoms with Crippen LogP contribution in [0.5, 0.6) is 0 Å². The van der Waals surface area contributed by atoms with Crippen LogP contribution in [0.25, 0.3) is 0 Å². The molecule has 1 aliphatic rings. The molecular weight excluding hydrogens is 412 g/mol. The third-order valence-electron chi connectivity index (χ3n) is 3.21. The number of halogens is 6. The van der Waals surface area contributed by atoms with E-state index in [1.54, 1.807) is 0 Å². The predicted octanol–water partition coefficient (Wildman–Crippen LogP) is 4.64. The highest BCUT2D eigenvalue weighted by atomic mass is 79.9. The highest BCUT2D eigenvalue weighted by Gasteiger charge is 2.31. The molecule has 1 atom stereocenters. The number of nitrogens with zero attached hydrogens (tertiary/aromatic N) is 1. The Morgan fingerprint density at radius 1 is 1.29 bits per heavy atom. The second-order valence-electron chi connectivity index (χ2n) is 4.62. The Bertz CT molecular complexity index is 411. The van der Waals surface area contributed by atoms with E-state index in [1.165, 1.54) is 11.3 Å². The summed E-state index contributed by atoms with van der Waals surface area (Å²) < 4.78 is 38.3. The fraction of sp³-hybridized carbons (Fsp3) is 0.667. The maximum Gasteiger partial charge on any atom is 0.389 e. The molecule has 0 spiro atoms. The van der Waals surface area contributed by atoms with Crippen molar-refractivity contribution < 1.29 is 13.2 Å². The van der Waals surface area contributed by atoms with Crippen LogP contribution in [0.15, 0.2) is 15.9 Å². The number of piperazine rings is 1. The van der Waals surface area contributed by atoms with Crippen molar-refractivity contribution >= 4 is 52.1 Å². The number of hydrogen-bond donors (Lipinski definition) is 1. The summed E-state index contributed by atoms with van der Waals surface area (Å²) in [6, 6.07) is 1.81. The smallest absolute Gasteiger partial charge is 0.314 e. The molecule has 1 saturated heterocycles. The average molecular weight is 430 g/mol. The Morgan fingerprint density at radius 2 is 1.90 bits per heavy atom. The van der Waals surface area contributed by atoms with Crippen LogP contribution in [0, 0.1) is 0 Å². The molecular formula is C12H18BrCl2F3N2S. The van der Waals surface area contributed by atoms with Gasteiger partial charge in [0.25, 0.3) is 0 Å². The third kappa shape index (κ3) is 7.05.